The number of aliphatic carboxylic acids is 1. The molecule has 0 aliphatic carbocycles. The SMILES string of the molecule is O=C(O)C(=O)CCc1cccc([N+](=O)[O-])c1. The molecule has 6 heteroatoms. The second kappa shape index (κ2) is 5.01. The Morgan fingerprint density at radius 1 is 1.38 bits per heavy atom. The Morgan fingerprint density at radius 2 is 2.06 bits per heavy atom. The van der Waals surface area contributed by atoms with E-state index in [2.05, 4.69) is 0 Å². The summed E-state index contributed by atoms with van der Waals surface area (Å²) in [6, 6.07) is 5.78. The summed E-state index contributed by atoms with van der Waals surface area (Å²) >= 11 is 0. The van der Waals surface area contributed by atoms with Crippen LogP contribution in [0.1, 0.15) is 12.0 Å². The predicted molar refractivity (Wildman–Crippen MR) is 54.1 cm³/mol. The van der Waals surface area contributed by atoms with Crippen molar-refractivity contribution < 1.29 is 19.6 Å². The molecule has 0 aliphatic rings. The zero-order chi connectivity index (χ0) is 12.1. The topological polar surface area (TPSA) is 97.5 Å². The lowest BCUT2D eigenvalue weighted by molar-refractivity contribution is -0.384. The standard InChI is InChI=1S/C10H9NO5/c12-9(10(13)14)5-4-7-2-1-3-8(6-7)11(15)16/h1-3,6H,4-5H2,(H,13,14). The van der Waals surface area contributed by atoms with Crippen molar-refractivity contribution in [2.45, 2.75) is 12.8 Å². The van der Waals surface area contributed by atoms with E-state index in [0.29, 0.717) is 5.56 Å². The van der Waals surface area contributed by atoms with Crippen LogP contribution in [0.5, 0.6) is 0 Å². The molecule has 0 aromatic heterocycles. The number of hydrogen-bond donors (Lipinski definition) is 1. The summed E-state index contributed by atoms with van der Waals surface area (Å²) < 4.78 is 0. The van der Waals surface area contributed by atoms with Crippen molar-refractivity contribution in [2.75, 3.05) is 0 Å². The molecular formula is C10H9NO5. The highest BCUT2D eigenvalue weighted by Gasteiger charge is 2.12. The third-order valence-corrected chi connectivity index (χ3v) is 2.00. The number of Topliss-reactive ketones (excluding diaryl/α,β-unsaturated/α-hetero) is 1. The molecule has 1 aromatic rings. The molecule has 0 saturated carbocycles. The summed E-state index contributed by atoms with van der Waals surface area (Å²) in [5.41, 5.74) is 0.504. The van der Waals surface area contributed by atoms with Crippen LogP contribution in [-0.4, -0.2) is 21.8 Å². The number of non-ortho nitro benzene ring substituents is 1. The van der Waals surface area contributed by atoms with E-state index in [0.717, 1.165) is 0 Å². The summed E-state index contributed by atoms with van der Waals surface area (Å²) in [6.45, 7) is 0. The van der Waals surface area contributed by atoms with Crippen molar-refractivity contribution in [1.82, 2.24) is 0 Å². The maximum absolute atomic E-state index is 10.8. The molecule has 0 spiro atoms. The summed E-state index contributed by atoms with van der Waals surface area (Å²) in [5.74, 6) is -2.38. The van der Waals surface area contributed by atoms with Crippen LogP contribution in [-0.2, 0) is 16.0 Å². The Balaban J connectivity index is 2.68. The minimum absolute atomic E-state index is 0.0692. The van der Waals surface area contributed by atoms with Gasteiger partial charge in [0.1, 0.15) is 0 Å². The van der Waals surface area contributed by atoms with Gasteiger partial charge in [0.2, 0.25) is 5.78 Å². The number of rotatable bonds is 5. The second-order valence-electron chi connectivity index (χ2n) is 3.16. The van der Waals surface area contributed by atoms with E-state index in [4.69, 9.17) is 5.11 Å². The van der Waals surface area contributed by atoms with Crippen molar-refractivity contribution in [1.29, 1.82) is 0 Å². The van der Waals surface area contributed by atoms with Gasteiger partial charge in [0.25, 0.3) is 5.69 Å². The van der Waals surface area contributed by atoms with Crippen LogP contribution in [0.2, 0.25) is 0 Å². The molecule has 1 aromatic carbocycles. The number of aryl methyl sites for hydroxylation is 1. The molecule has 1 rings (SSSR count). The van der Waals surface area contributed by atoms with E-state index < -0.39 is 16.7 Å². The largest absolute Gasteiger partial charge is 0.476 e. The van der Waals surface area contributed by atoms with Gasteiger partial charge in [-0.05, 0) is 12.0 Å². The first-order valence-electron chi connectivity index (χ1n) is 4.50. The molecule has 0 aliphatic heterocycles. The smallest absolute Gasteiger partial charge is 0.372 e. The normalized spacial score (nSPS) is 9.75. The first-order chi connectivity index (χ1) is 7.50. The Hall–Kier alpha value is -2.24. The first-order valence-corrected chi connectivity index (χ1v) is 4.50. The van der Waals surface area contributed by atoms with Crippen LogP contribution < -0.4 is 0 Å². The zero-order valence-electron chi connectivity index (χ0n) is 8.25. The number of nitrogens with zero attached hydrogens (tertiary/aromatic N) is 1. The lowest BCUT2D eigenvalue weighted by atomic mass is 10.1. The monoisotopic (exact) mass is 223 g/mol. The average molecular weight is 223 g/mol. The lowest BCUT2D eigenvalue weighted by Crippen LogP contribution is -2.12. The summed E-state index contributed by atoms with van der Waals surface area (Å²) in [6.07, 6.45) is 0.0311. The molecule has 0 saturated heterocycles. The quantitative estimate of drug-likeness (QED) is 0.459. The first kappa shape index (κ1) is 11.8. The molecule has 0 fully saturated rings. The van der Waals surface area contributed by atoms with Gasteiger partial charge < -0.3 is 5.11 Å². The van der Waals surface area contributed by atoms with Gasteiger partial charge in [0, 0.05) is 18.6 Å². The number of carboxylic acid groups (broad SMARTS) is 1. The van der Waals surface area contributed by atoms with E-state index in [-0.39, 0.29) is 18.5 Å². The molecule has 0 radical (unpaired) electrons. The third-order valence-electron chi connectivity index (χ3n) is 2.00. The summed E-state index contributed by atoms with van der Waals surface area (Å²) in [4.78, 5) is 30.9. The highest BCUT2D eigenvalue weighted by Crippen LogP contribution is 2.14. The molecule has 0 bridgehead atoms. The molecule has 16 heavy (non-hydrogen) atoms. The fourth-order valence-electron chi connectivity index (χ4n) is 1.19. The van der Waals surface area contributed by atoms with Crippen LogP contribution in [0.25, 0.3) is 0 Å². The van der Waals surface area contributed by atoms with Crippen LogP contribution in [0.4, 0.5) is 5.69 Å². The van der Waals surface area contributed by atoms with E-state index in [1.54, 1.807) is 6.07 Å². The predicted octanol–water partition coefficient (Wildman–Crippen LogP) is 1.18. The molecule has 1 N–H and O–H groups in total. The molecule has 0 heterocycles. The number of benzene rings is 1. The number of ketones is 1. The molecule has 0 atom stereocenters. The maximum atomic E-state index is 10.8. The van der Waals surface area contributed by atoms with Crippen LogP contribution in [0.3, 0.4) is 0 Å². The third kappa shape index (κ3) is 3.16. The molecule has 84 valence electrons. The van der Waals surface area contributed by atoms with Gasteiger partial charge in [0.05, 0.1) is 4.92 Å². The van der Waals surface area contributed by atoms with Crippen molar-refractivity contribution in [3.63, 3.8) is 0 Å². The Kier molecular flexibility index (Phi) is 3.71. The Bertz CT molecular complexity index is 441. The molecule has 0 amide bonds. The Morgan fingerprint density at radius 3 is 2.62 bits per heavy atom. The minimum atomic E-state index is -1.48. The Labute approximate surface area is 90.7 Å². The highest BCUT2D eigenvalue weighted by atomic mass is 16.6. The number of nitro benzene ring substituents is 1. The lowest BCUT2D eigenvalue weighted by Gasteiger charge is -1.98. The summed E-state index contributed by atoms with van der Waals surface area (Å²) in [7, 11) is 0. The fourth-order valence-corrected chi connectivity index (χ4v) is 1.19. The number of carbonyl (C=O) groups excluding carboxylic acids is 1. The van der Waals surface area contributed by atoms with Crippen LogP contribution >= 0.6 is 0 Å². The number of hydrogen-bond acceptors (Lipinski definition) is 4. The van der Waals surface area contributed by atoms with Gasteiger partial charge in [0.15, 0.2) is 0 Å². The molecular weight excluding hydrogens is 214 g/mol. The maximum Gasteiger partial charge on any atom is 0.372 e. The van der Waals surface area contributed by atoms with Gasteiger partial charge >= 0.3 is 5.97 Å². The fraction of sp³-hybridized carbons (Fsp3) is 0.200. The van der Waals surface area contributed by atoms with Crippen molar-refractivity contribution in [3.05, 3.63) is 39.9 Å². The second-order valence-corrected chi connectivity index (χ2v) is 3.16. The minimum Gasteiger partial charge on any atom is -0.476 e. The van der Waals surface area contributed by atoms with Crippen molar-refractivity contribution in [3.8, 4) is 0 Å². The van der Waals surface area contributed by atoms with Crippen LogP contribution in [0.15, 0.2) is 24.3 Å². The van der Waals surface area contributed by atoms with Crippen LogP contribution in [0, 0.1) is 10.1 Å². The van der Waals surface area contributed by atoms with Crippen molar-refractivity contribution in [2.24, 2.45) is 0 Å². The van der Waals surface area contributed by atoms with Gasteiger partial charge in [-0.1, -0.05) is 12.1 Å². The number of carboxylic acids is 1. The number of carbonyl (C=O) groups is 2. The van der Waals surface area contributed by atoms with Crippen molar-refractivity contribution >= 4 is 17.4 Å². The summed E-state index contributed by atoms with van der Waals surface area (Å²) in [5, 5.41) is 18.8. The van der Waals surface area contributed by atoms with Gasteiger partial charge in [-0.2, -0.15) is 0 Å². The number of nitro groups is 1. The van der Waals surface area contributed by atoms with E-state index >= 15 is 0 Å². The van der Waals surface area contributed by atoms with Gasteiger partial charge in [-0.3, -0.25) is 14.9 Å². The average Bonchev–Trinajstić information content (AvgIpc) is 2.26. The van der Waals surface area contributed by atoms with E-state index in [1.165, 1.54) is 18.2 Å². The molecule has 6 nitrogen and oxygen atoms in total. The van der Waals surface area contributed by atoms with Gasteiger partial charge in [-0.15, -0.1) is 0 Å². The van der Waals surface area contributed by atoms with Gasteiger partial charge in [-0.25, -0.2) is 4.79 Å². The highest BCUT2D eigenvalue weighted by molar-refractivity contribution is 6.32. The van der Waals surface area contributed by atoms with E-state index in [9.17, 15) is 19.7 Å². The zero-order valence-corrected chi connectivity index (χ0v) is 8.25. The van der Waals surface area contributed by atoms with E-state index in [1.807, 2.05) is 0 Å². The molecule has 0 unspecified atom stereocenters.